The Morgan fingerprint density at radius 3 is 2.71 bits per heavy atom. The number of hydrogen-bond donors (Lipinski definition) is 3. The van der Waals surface area contributed by atoms with Crippen LogP contribution in [0.2, 0.25) is 0 Å². The molecule has 9 heteroatoms. The molecule has 0 fully saturated rings. The lowest BCUT2D eigenvalue weighted by Gasteiger charge is -2.10. The first-order valence-corrected chi connectivity index (χ1v) is 7.50. The second kappa shape index (κ2) is 5.78. The van der Waals surface area contributed by atoms with Crippen LogP contribution in [0.5, 0.6) is 0 Å². The number of aromatic amines is 1. The molecule has 1 aromatic carbocycles. The summed E-state index contributed by atoms with van der Waals surface area (Å²) >= 11 is 0. The van der Waals surface area contributed by atoms with Gasteiger partial charge in [-0.15, -0.1) is 0 Å². The molecule has 0 saturated carbocycles. The molecule has 2 aromatic rings. The fraction of sp³-hybridized carbons (Fsp3) is 0.250. The van der Waals surface area contributed by atoms with Crippen molar-refractivity contribution >= 4 is 15.7 Å². The quantitative estimate of drug-likeness (QED) is 0.780. The molecule has 0 aliphatic carbocycles. The van der Waals surface area contributed by atoms with Crippen molar-refractivity contribution in [3.05, 3.63) is 41.2 Å². The minimum absolute atomic E-state index is 0.0829. The maximum Gasteiger partial charge on any atom is 0.265 e. The predicted octanol–water partition coefficient (Wildman–Crippen LogP) is 1.52. The van der Waals surface area contributed by atoms with E-state index in [1.54, 1.807) is 7.05 Å². The van der Waals surface area contributed by atoms with Crippen LogP contribution < -0.4 is 10.0 Å². The van der Waals surface area contributed by atoms with Gasteiger partial charge in [0.25, 0.3) is 10.0 Å². The van der Waals surface area contributed by atoms with E-state index in [0.29, 0.717) is 5.69 Å². The molecule has 6 nitrogen and oxygen atoms in total. The molecule has 0 saturated heterocycles. The van der Waals surface area contributed by atoms with Crippen molar-refractivity contribution in [2.45, 2.75) is 18.4 Å². The Kier molecular flexibility index (Phi) is 4.24. The van der Waals surface area contributed by atoms with Crippen molar-refractivity contribution in [2.24, 2.45) is 0 Å². The number of anilines is 1. The Morgan fingerprint density at radius 1 is 1.33 bits per heavy atom. The minimum atomic E-state index is -4.08. The van der Waals surface area contributed by atoms with Crippen LogP contribution in [0.4, 0.5) is 14.5 Å². The van der Waals surface area contributed by atoms with E-state index in [-0.39, 0.29) is 17.1 Å². The van der Waals surface area contributed by atoms with Gasteiger partial charge in [-0.1, -0.05) is 6.07 Å². The summed E-state index contributed by atoms with van der Waals surface area (Å²) in [5, 5.41) is 9.23. The molecule has 2 rings (SSSR count). The highest BCUT2D eigenvalue weighted by Gasteiger charge is 2.25. The molecule has 1 heterocycles. The average Bonchev–Trinajstić information content (AvgIpc) is 2.77. The first-order valence-electron chi connectivity index (χ1n) is 6.02. The summed E-state index contributed by atoms with van der Waals surface area (Å²) in [6.07, 6.45) is 0. The summed E-state index contributed by atoms with van der Waals surface area (Å²) in [6, 6.07) is 3.26. The summed E-state index contributed by atoms with van der Waals surface area (Å²) in [5.74, 6) is -2.38. The third-order valence-electron chi connectivity index (χ3n) is 2.77. The van der Waals surface area contributed by atoms with E-state index in [0.717, 1.165) is 12.1 Å². The number of H-pyrrole nitrogens is 1. The van der Waals surface area contributed by atoms with Crippen molar-refractivity contribution in [3.63, 3.8) is 0 Å². The molecule has 3 N–H and O–H groups in total. The maximum atomic E-state index is 13.6. The Hall–Kier alpha value is -2.00. The van der Waals surface area contributed by atoms with Crippen LogP contribution in [0.15, 0.2) is 23.1 Å². The van der Waals surface area contributed by atoms with Crippen LogP contribution in [-0.2, 0) is 16.6 Å². The second-order valence-electron chi connectivity index (χ2n) is 4.36. The van der Waals surface area contributed by atoms with Gasteiger partial charge >= 0.3 is 0 Å². The topological polar surface area (TPSA) is 86.9 Å². The number of aryl methyl sites for hydroxylation is 1. The van der Waals surface area contributed by atoms with Crippen LogP contribution >= 0.6 is 0 Å². The van der Waals surface area contributed by atoms with Crippen LogP contribution in [0.25, 0.3) is 0 Å². The number of hydrogen-bond acceptors (Lipinski definition) is 4. The molecule has 0 amide bonds. The van der Waals surface area contributed by atoms with E-state index in [4.69, 9.17) is 0 Å². The number of benzene rings is 1. The zero-order valence-corrected chi connectivity index (χ0v) is 12.2. The van der Waals surface area contributed by atoms with Crippen molar-refractivity contribution < 1.29 is 17.2 Å². The van der Waals surface area contributed by atoms with Gasteiger partial charge < -0.3 is 5.32 Å². The molecular formula is C12H14F2N4O2S. The smallest absolute Gasteiger partial charge is 0.265 e. The molecule has 0 aliphatic rings. The molecule has 21 heavy (non-hydrogen) atoms. The van der Waals surface area contributed by atoms with Gasteiger partial charge in [-0.3, -0.25) is 9.82 Å². The molecule has 0 aliphatic heterocycles. The number of sulfonamides is 1. The van der Waals surface area contributed by atoms with Gasteiger partial charge in [-0.05, 0) is 26.1 Å². The number of aromatic nitrogens is 2. The van der Waals surface area contributed by atoms with Crippen LogP contribution in [0.3, 0.4) is 0 Å². The largest absolute Gasteiger partial charge is 0.314 e. The Balaban J connectivity index is 2.44. The highest BCUT2D eigenvalue weighted by molar-refractivity contribution is 7.92. The lowest BCUT2D eigenvalue weighted by atomic mass is 10.3. The highest BCUT2D eigenvalue weighted by atomic mass is 32.2. The lowest BCUT2D eigenvalue weighted by Crippen LogP contribution is -2.18. The second-order valence-corrected chi connectivity index (χ2v) is 5.98. The van der Waals surface area contributed by atoms with Gasteiger partial charge in [0, 0.05) is 6.54 Å². The molecule has 114 valence electrons. The summed E-state index contributed by atoms with van der Waals surface area (Å²) in [6.45, 7) is 1.74. The highest BCUT2D eigenvalue weighted by Crippen LogP contribution is 2.24. The number of nitrogens with one attached hydrogen (secondary N) is 3. The van der Waals surface area contributed by atoms with Crippen LogP contribution in [0, 0.1) is 18.6 Å². The maximum absolute atomic E-state index is 13.6. The van der Waals surface area contributed by atoms with Gasteiger partial charge in [-0.25, -0.2) is 17.2 Å². The molecule has 1 aromatic heterocycles. The lowest BCUT2D eigenvalue weighted by molar-refractivity contribution is 0.511. The van der Waals surface area contributed by atoms with Crippen molar-refractivity contribution in [3.8, 4) is 0 Å². The van der Waals surface area contributed by atoms with E-state index in [2.05, 4.69) is 15.5 Å². The standard InChI is InChI=1S/C12H14F2N4O2S/c1-7-12(10(6-15-2)17-16-7)21(19,20)18-9-5-3-4-8(13)11(9)14/h3-5,15,18H,6H2,1-2H3,(H,16,17). The summed E-state index contributed by atoms with van der Waals surface area (Å²) in [4.78, 5) is -0.0829. The van der Waals surface area contributed by atoms with Gasteiger partial charge in [-0.2, -0.15) is 5.10 Å². The predicted molar refractivity (Wildman–Crippen MR) is 73.3 cm³/mol. The molecule has 0 unspecified atom stereocenters. The molecular weight excluding hydrogens is 302 g/mol. The molecule has 0 atom stereocenters. The normalized spacial score (nSPS) is 11.6. The van der Waals surface area contributed by atoms with E-state index in [1.165, 1.54) is 13.0 Å². The monoisotopic (exact) mass is 316 g/mol. The van der Waals surface area contributed by atoms with Crippen molar-refractivity contribution in [2.75, 3.05) is 11.8 Å². The summed E-state index contributed by atoms with van der Waals surface area (Å²) in [7, 11) is -2.44. The zero-order chi connectivity index (χ0) is 15.6. The SMILES string of the molecule is CNCc1n[nH]c(C)c1S(=O)(=O)Nc1cccc(F)c1F. The first-order chi connectivity index (χ1) is 9.86. The van der Waals surface area contributed by atoms with E-state index >= 15 is 0 Å². The number of nitrogens with zero attached hydrogens (tertiary/aromatic N) is 1. The Labute approximate surface area is 120 Å². The van der Waals surface area contributed by atoms with Gasteiger partial charge in [0.1, 0.15) is 4.90 Å². The van der Waals surface area contributed by atoms with Gasteiger partial charge in [0.2, 0.25) is 0 Å². The fourth-order valence-corrected chi connectivity index (χ4v) is 3.32. The van der Waals surface area contributed by atoms with Gasteiger partial charge in [0.05, 0.1) is 17.1 Å². The van der Waals surface area contributed by atoms with E-state index in [9.17, 15) is 17.2 Å². The van der Waals surface area contributed by atoms with Crippen molar-refractivity contribution in [1.82, 2.24) is 15.5 Å². The van der Waals surface area contributed by atoms with Crippen molar-refractivity contribution in [1.29, 1.82) is 0 Å². The molecule has 0 bridgehead atoms. The first kappa shape index (κ1) is 15.4. The molecule has 0 radical (unpaired) electrons. The summed E-state index contributed by atoms with van der Waals surface area (Å²) < 4.78 is 53.5. The van der Waals surface area contributed by atoms with Gasteiger partial charge in [0.15, 0.2) is 11.6 Å². The van der Waals surface area contributed by atoms with Crippen LogP contribution in [0.1, 0.15) is 11.4 Å². The summed E-state index contributed by atoms with van der Waals surface area (Å²) in [5.41, 5.74) is 0.120. The van der Waals surface area contributed by atoms with E-state index in [1.807, 2.05) is 4.72 Å². The van der Waals surface area contributed by atoms with E-state index < -0.39 is 27.3 Å². The molecule has 0 spiro atoms. The Bertz CT molecular complexity index is 759. The zero-order valence-electron chi connectivity index (χ0n) is 11.4. The Morgan fingerprint density at radius 2 is 2.05 bits per heavy atom. The fourth-order valence-electron chi connectivity index (χ4n) is 1.89. The average molecular weight is 316 g/mol. The van der Waals surface area contributed by atoms with Crippen LogP contribution in [-0.4, -0.2) is 25.7 Å². The third kappa shape index (κ3) is 3.03. The number of halogens is 2. The minimum Gasteiger partial charge on any atom is -0.314 e. The number of rotatable bonds is 5. The third-order valence-corrected chi connectivity index (χ3v) is 4.34.